The molecule has 3 rings (SSSR count). The van der Waals surface area contributed by atoms with Crippen LogP contribution in [0.1, 0.15) is 10.4 Å². The summed E-state index contributed by atoms with van der Waals surface area (Å²) in [6, 6.07) is 10.1. The van der Waals surface area contributed by atoms with Gasteiger partial charge in [-0.15, -0.1) is 11.3 Å². The highest BCUT2D eigenvalue weighted by molar-refractivity contribution is 7.18. The van der Waals surface area contributed by atoms with Crippen molar-refractivity contribution < 1.29 is 0 Å². The second-order valence-corrected chi connectivity index (χ2v) is 5.82. The fourth-order valence-corrected chi connectivity index (χ4v) is 3.11. The number of rotatable bonds is 1. The molecule has 0 fully saturated rings. The third kappa shape index (κ3) is 1.89. The topological polar surface area (TPSA) is 25.8 Å². The minimum atomic E-state index is 0.530. The van der Waals surface area contributed by atoms with Crippen LogP contribution in [0.25, 0.3) is 21.6 Å². The Morgan fingerprint density at radius 1 is 1.11 bits per heavy atom. The van der Waals surface area contributed by atoms with Crippen molar-refractivity contribution in [1.82, 2.24) is 9.97 Å². The van der Waals surface area contributed by atoms with Crippen LogP contribution in [0.2, 0.25) is 5.15 Å². The molecule has 0 radical (unpaired) electrons. The third-order valence-electron chi connectivity index (χ3n) is 2.86. The molecule has 0 aliphatic carbocycles. The van der Waals surface area contributed by atoms with E-state index in [1.54, 1.807) is 11.3 Å². The van der Waals surface area contributed by atoms with Crippen molar-refractivity contribution in [3.05, 3.63) is 45.9 Å². The maximum absolute atomic E-state index is 6.23. The third-order valence-corrected chi connectivity index (χ3v) is 4.09. The number of nitrogens with zero attached hydrogens (tertiary/aromatic N) is 2. The van der Waals surface area contributed by atoms with E-state index in [4.69, 9.17) is 11.6 Å². The van der Waals surface area contributed by atoms with Gasteiger partial charge >= 0.3 is 0 Å². The van der Waals surface area contributed by atoms with E-state index in [9.17, 15) is 0 Å². The Balaban J connectivity index is 2.28. The van der Waals surface area contributed by atoms with Gasteiger partial charge in [0, 0.05) is 15.8 Å². The summed E-state index contributed by atoms with van der Waals surface area (Å²) in [6.45, 7) is 4.10. The minimum absolute atomic E-state index is 0.530. The summed E-state index contributed by atoms with van der Waals surface area (Å²) in [6.07, 6.45) is 0. The number of hydrogen-bond donors (Lipinski definition) is 0. The molecule has 0 N–H and O–H groups in total. The summed E-state index contributed by atoms with van der Waals surface area (Å²) in [5.41, 5.74) is 2.19. The molecule has 18 heavy (non-hydrogen) atoms. The van der Waals surface area contributed by atoms with Crippen LogP contribution < -0.4 is 0 Å². The van der Waals surface area contributed by atoms with Crippen molar-refractivity contribution in [2.45, 2.75) is 13.8 Å². The summed E-state index contributed by atoms with van der Waals surface area (Å²) in [5.74, 6) is 0.701. The molecule has 0 saturated heterocycles. The van der Waals surface area contributed by atoms with Crippen molar-refractivity contribution in [2.24, 2.45) is 0 Å². The Morgan fingerprint density at radius 2 is 1.89 bits per heavy atom. The van der Waals surface area contributed by atoms with Crippen LogP contribution in [-0.4, -0.2) is 9.97 Å². The molecule has 2 heterocycles. The second-order valence-electron chi connectivity index (χ2n) is 4.23. The van der Waals surface area contributed by atoms with Crippen molar-refractivity contribution in [1.29, 1.82) is 0 Å². The average molecular weight is 275 g/mol. The Kier molecular flexibility index (Phi) is 2.80. The van der Waals surface area contributed by atoms with Gasteiger partial charge in [-0.05, 0) is 25.5 Å². The first-order valence-corrected chi connectivity index (χ1v) is 6.84. The van der Waals surface area contributed by atoms with Gasteiger partial charge in [-0.3, -0.25) is 0 Å². The van der Waals surface area contributed by atoms with Gasteiger partial charge in [0.1, 0.15) is 9.98 Å². The standard InChI is InChI=1S/C14H11ClN2S/c1-8-5-3-4-6-10(8)13-16-12(15)11-7-9(2)18-14(11)17-13/h3-7H,1-2H3. The summed E-state index contributed by atoms with van der Waals surface area (Å²) >= 11 is 7.88. The smallest absolute Gasteiger partial charge is 0.162 e. The van der Waals surface area contributed by atoms with E-state index in [1.807, 2.05) is 24.3 Å². The number of hydrogen-bond acceptors (Lipinski definition) is 3. The SMILES string of the molecule is Cc1cc2c(Cl)nc(-c3ccccc3C)nc2s1. The molecule has 0 unspecified atom stereocenters. The predicted octanol–water partition coefficient (Wildman–Crippen LogP) is 4.63. The lowest BCUT2D eigenvalue weighted by Gasteiger charge is -2.04. The van der Waals surface area contributed by atoms with Gasteiger partial charge in [0.15, 0.2) is 5.82 Å². The van der Waals surface area contributed by atoms with Crippen LogP contribution in [0.5, 0.6) is 0 Å². The number of thiophene rings is 1. The Morgan fingerprint density at radius 3 is 2.67 bits per heavy atom. The van der Waals surface area contributed by atoms with Crippen LogP contribution in [0, 0.1) is 13.8 Å². The zero-order chi connectivity index (χ0) is 12.7. The average Bonchev–Trinajstić information content (AvgIpc) is 2.71. The van der Waals surface area contributed by atoms with Crippen LogP contribution in [-0.2, 0) is 0 Å². The van der Waals surface area contributed by atoms with E-state index >= 15 is 0 Å². The molecule has 0 saturated carbocycles. The lowest BCUT2D eigenvalue weighted by Crippen LogP contribution is -1.91. The molecule has 1 aromatic carbocycles. The van der Waals surface area contributed by atoms with Gasteiger partial charge in [-0.2, -0.15) is 0 Å². The van der Waals surface area contributed by atoms with E-state index < -0.39 is 0 Å². The van der Waals surface area contributed by atoms with Gasteiger partial charge in [-0.1, -0.05) is 35.9 Å². The number of halogens is 1. The fraction of sp³-hybridized carbons (Fsp3) is 0.143. The molecule has 0 aliphatic rings. The van der Waals surface area contributed by atoms with Crippen molar-refractivity contribution in [3.63, 3.8) is 0 Å². The monoisotopic (exact) mass is 274 g/mol. The normalized spacial score (nSPS) is 11.1. The Labute approximate surface area is 114 Å². The molecule has 0 bridgehead atoms. The predicted molar refractivity (Wildman–Crippen MR) is 77.3 cm³/mol. The molecule has 4 heteroatoms. The van der Waals surface area contributed by atoms with E-state index in [1.165, 1.54) is 4.88 Å². The molecule has 2 aromatic heterocycles. The highest BCUT2D eigenvalue weighted by atomic mass is 35.5. The lowest BCUT2D eigenvalue weighted by atomic mass is 10.1. The number of aryl methyl sites for hydroxylation is 2. The summed E-state index contributed by atoms with van der Waals surface area (Å²) < 4.78 is 0. The summed E-state index contributed by atoms with van der Waals surface area (Å²) in [4.78, 5) is 11.2. The van der Waals surface area contributed by atoms with Gasteiger partial charge in [0.25, 0.3) is 0 Å². The molecule has 0 spiro atoms. The van der Waals surface area contributed by atoms with Crippen LogP contribution in [0.3, 0.4) is 0 Å². The maximum atomic E-state index is 6.23. The zero-order valence-electron chi connectivity index (χ0n) is 10.1. The first kappa shape index (κ1) is 11.6. The molecule has 2 nitrogen and oxygen atoms in total. The first-order chi connectivity index (χ1) is 8.65. The maximum Gasteiger partial charge on any atom is 0.162 e. The highest BCUT2D eigenvalue weighted by Crippen LogP contribution is 2.31. The van der Waals surface area contributed by atoms with Crippen LogP contribution in [0.15, 0.2) is 30.3 Å². The molecule has 90 valence electrons. The number of aromatic nitrogens is 2. The molecular weight excluding hydrogens is 264 g/mol. The number of fused-ring (bicyclic) bond motifs is 1. The molecule has 3 aromatic rings. The highest BCUT2D eigenvalue weighted by Gasteiger charge is 2.11. The Hall–Kier alpha value is -1.45. The van der Waals surface area contributed by atoms with Crippen LogP contribution >= 0.6 is 22.9 Å². The molecule has 0 atom stereocenters. The van der Waals surface area contributed by atoms with Crippen molar-refractivity contribution >= 4 is 33.2 Å². The van der Waals surface area contributed by atoms with Crippen LogP contribution in [0.4, 0.5) is 0 Å². The van der Waals surface area contributed by atoms with Gasteiger partial charge in [0.2, 0.25) is 0 Å². The molecular formula is C14H11ClN2S. The van der Waals surface area contributed by atoms with E-state index in [-0.39, 0.29) is 0 Å². The zero-order valence-corrected chi connectivity index (χ0v) is 11.6. The van der Waals surface area contributed by atoms with E-state index in [0.29, 0.717) is 11.0 Å². The summed E-state index contributed by atoms with van der Waals surface area (Å²) in [5, 5.41) is 1.47. The van der Waals surface area contributed by atoms with E-state index in [2.05, 4.69) is 29.9 Å². The van der Waals surface area contributed by atoms with Gasteiger partial charge in [-0.25, -0.2) is 9.97 Å². The Bertz CT molecular complexity index is 734. The van der Waals surface area contributed by atoms with Gasteiger partial charge in [0.05, 0.1) is 0 Å². The number of benzene rings is 1. The minimum Gasteiger partial charge on any atom is -0.217 e. The fourth-order valence-electron chi connectivity index (χ4n) is 1.95. The van der Waals surface area contributed by atoms with Gasteiger partial charge < -0.3 is 0 Å². The molecule has 0 aliphatic heterocycles. The van der Waals surface area contributed by atoms with Crippen molar-refractivity contribution in [3.8, 4) is 11.4 Å². The lowest BCUT2D eigenvalue weighted by molar-refractivity contribution is 1.22. The largest absolute Gasteiger partial charge is 0.217 e. The molecule has 0 amide bonds. The second kappa shape index (κ2) is 4.34. The summed E-state index contributed by atoms with van der Waals surface area (Å²) in [7, 11) is 0. The quantitative estimate of drug-likeness (QED) is 0.605. The van der Waals surface area contributed by atoms with Crippen molar-refractivity contribution in [2.75, 3.05) is 0 Å². The first-order valence-electron chi connectivity index (χ1n) is 5.65. The van der Waals surface area contributed by atoms with E-state index in [0.717, 1.165) is 21.3 Å².